The predicted octanol–water partition coefficient (Wildman–Crippen LogP) is 1.37. The highest BCUT2D eigenvalue weighted by Gasteiger charge is 2.44. The molecule has 0 N–H and O–H groups in total. The van der Waals surface area contributed by atoms with Crippen LogP contribution in [0.1, 0.15) is 5.69 Å². The number of carbonyl (C=O) groups is 1. The van der Waals surface area contributed by atoms with Gasteiger partial charge in [0, 0.05) is 10.7 Å². The Hall–Kier alpha value is -0.740. The molecule has 0 saturated carbocycles. The number of quaternary nitrogens is 1. The van der Waals surface area contributed by atoms with E-state index in [9.17, 15) is 4.79 Å². The first-order chi connectivity index (χ1) is 6.60. The number of hydrogen-bond donors (Lipinski definition) is 0. The Labute approximate surface area is 91.5 Å². The molecule has 74 valence electrons. The summed E-state index contributed by atoms with van der Waals surface area (Å²) in [6.45, 7) is 1.96. The van der Waals surface area contributed by atoms with Gasteiger partial charge in [-0.25, -0.2) is 4.79 Å². The van der Waals surface area contributed by atoms with E-state index < -0.39 is 0 Å². The molecule has 2 heterocycles. The molecule has 0 unspecified atom stereocenters. The van der Waals surface area contributed by atoms with Crippen molar-refractivity contribution in [1.82, 2.24) is 4.98 Å². The van der Waals surface area contributed by atoms with Crippen molar-refractivity contribution in [2.45, 2.75) is 6.42 Å². The van der Waals surface area contributed by atoms with Crippen LogP contribution in [0.15, 0.2) is 22.8 Å². The second-order valence-electron chi connectivity index (χ2n) is 3.88. The molecule has 1 aliphatic heterocycles. The number of pyridine rings is 1. The van der Waals surface area contributed by atoms with Crippen molar-refractivity contribution in [3.05, 3.63) is 28.5 Å². The zero-order valence-corrected chi connectivity index (χ0v) is 9.62. The lowest BCUT2D eigenvalue weighted by Crippen LogP contribution is -2.30. The van der Waals surface area contributed by atoms with Crippen LogP contribution in [0, 0.1) is 0 Å². The van der Waals surface area contributed by atoms with E-state index in [4.69, 9.17) is 0 Å². The molecule has 1 aromatic rings. The van der Waals surface area contributed by atoms with Crippen LogP contribution in [0.5, 0.6) is 0 Å². The van der Waals surface area contributed by atoms with Gasteiger partial charge in [0.25, 0.3) is 0 Å². The van der Waals surface area contributed by atoms with Gasteiger partial charge >= 0.3 is 5.91 Å². The minimum Gasteiger partial charge on any atom is -0.259 e. The molecule has 1 saturated heterocycles. The van der Waals surface area contributed by atoms with Crippen molar-refractivity contribution in [3.63, 3.8) is 0 Å². The molecule has 14 heavy (non-hydrogen) atoms. The number of rotatable bonds is 2. The van der Waals surface area contributed by atoms with Gasteiger partial charge < -0.3 is 0 Å². The van der Waals surface area contributed by atoms with Gasteiger partial charge in [0.05, 0.1) is 12.7 Å². The summed E-state index contributed by atoms with van der Waals surface area (Å²) >= 11 is 3.31. The van der Waals surface area contributed by atoms with Crippen LogP contribution in [0.2, 0.25) is 0 Å². The van der Waals surface area contributed by atoms with Crippen molar-refractivity contribution in [2.24, 2.45) is 0 Å². The average molecular weight is 256 g/mol. The maximum Gasteiger partial charge on any atom is 0.319 e. The molecule has 1 amide bonds. The van der Waals surface area contributed by atoms with Gasteiger partial charge in [-0.2, -0.15) is 0 Å². The van der Waals surface area contributed by atoms with Crippen molar-refractivity contribution >= 4 is 21.8 Å². The monoisotopic (exact) mass is 255 g/mol. The highest BCUT2D eigenvalue weighted by Crippen LogP contribution is 2.19. The lowest BCUT2D eigenvalue weighted by molar-refractivity contribution is -0.694. The molecule has 3 nitrogen and oxygen atoms in total. The third-order valence-corrected chi connectivity index (χ3v) is 3.09. The lowest BCUT2D eigenvalue weighted by atomic mass is 10.2. The van der Waals surface area contributed by atoms with E-state index >= 15 is 0 Å². The Bertz CT molecular complexity index is 357. The summed E-state index contributed by atoms with van der Waals surface area (Å²) in [6, 6.07) is 3.80. The van der Waals surface area contributed by atoms with Crippen LogP contribution in [0.3, 0.4) is 0 Å². The molecular weight excluding hydrogens is 244 g/mol. The van der Waals surface area contributed by atoms with Crippen molar-refractivity contribution in [1.29, 1.82) is 0 Å². The first-order valence-corrected chi connectivity index (χ1v) is 5.38. The van der Waals surface area contributed by atoms with Gasteiger partial charge in [0.2, 0.25) is 0 Å². The summed E-state index contributed by atoms with van der Waals surface area (Å²) < 4.78 is 1.53. The summed E-state index contributed by atoms with van der Waals surface area (Å²) in [5.74, 6) is 0.264. The van der Waals surface area contributed by atoms with Crippen molar-refractivity contribution in [3.8, 4) is 0 Å². The highest BCUT2D eigenvalue weighted by molar-refractivity contribution is 9.10. The Morgan fingerprint density at radius 1 is 1.57 bits per heavy atom. The van der Waals surface area contributed by atoms with Crippen LogP contribution in [-0.4, -0.2) is 35.5 Å². The minimum absolute atomic E-state index is 0.264. The zero-order valence-electron chi connectivity index (χ0n) is 8.03. The van der Waals surface area contributed by atoms with E-state index in [-0.39, 0.29) is 5.91 Å². The number of nitrogens with zero attached hydrogens (tertiary/aromatic N) is 2. The SMILES string of the molecule is C[N+]1(C(=O)Cc2ccc(Br)cn2)CC1. The molecule has 4 heteroatoms. The zero-order chi connectivity index (χ0) is 10.2. The molecule has 1 aliphatic rings. The van der Waals surface area contributed by atoms with Gasteiger partial charge in [-0.05, 0) is 28.1 Å². The molecule has 2 rings (SSSR count). The van der Waals surface area contributed by atoms with E-state index in [1.807, 2.05) is 19.2 Å². The fraction of sp³-hybridized carbons (Fsp3) is 0.400. The Balaban J connectivity index is 2.04. The smallest absolute Gasteiger partial charge is 0.259 e. The summed E-state index contributed by atoms with van der Waals surface area (Å²) in [5, 5.41) is 0. The third kappa shape index (κ3) is 2.01. The van der Waals surface area contributed by atoms with Crippen LogP contribution in [-0.2, 0) is 11.2 Å². The number of hydrogen-bond acceptors (Lipinski definition) is 2. The molecule has 0 bridgehead atoms. The summed E-state index contributed by atoms with van der Waals surface area (Å²) in [6.07, 6.45) is 2.18. The number of aromatic nitrogens is 1. The number of amides is 1. The fourth-order valence-corrected chi connectivity index (χ4v) is 1.49. The highest BCUT2D eigenvalue weighted by atomic mass is 79.9. The van der Waals surface area contributed by atoms with Crippen LogP contribution < -0.4 is 0 Å². The van der Waals surface area contributed by atoms with Crippen LogP contribution >= 0.6 is 15.9 Å². The summed E-state index contributed by atoms with van der Waals surface area (Å²) in [5.41, 5.74) is 0.851. The first kappa shape index (κ1) is 9.80. The quantitative estimate of drug-likeness (QED) is 0.591. The van der Waals surface area contributed by atoms with Gasteiger partial charge in [-0.3, -0.25) is 9.47 Å². The number of likely N-dealkylation sites (N-methyl/N-ethyl adjacent to an activating group) is 1. The topological polar surface area (TPSA) is 30.0 Å². The molecule has 1 fully saturated rings. The van der Waals surface area contributed by atoms with Crippen LogP contribution in [0.4, 0.5) is 0 Å². The van der Waals surface area contributed by atoms with Crippen LogP contribution in [0.25, 0.3) is 0 Å². The molecule has 0 aromatic carbocycles. The average Bonchev–Trinajstić information content (AvgIpc) is 2.89. The Morgan fingerprint density at radius 3 is 2.79 bits per heavy atom. The summed E-state index contributed by atoms with van der Waals surface area (Å²) in [7, 11) is 1.97. The minimum atomic E-state index is 0.264. The Morgan fingerprint density at radius 2 is 2.29 bits per heavy atom. The molecule has 0 radical (unpaired) electrons. The van der Waals surface area contributed by atoms with E-state index in [0.29, 0.717) is 10.9 Å². The van der Waals surface area contributed by atoms with Gasteiger partial charge in [0.15, 0.2) is 0 Å². The van der Waals surface area contributed by atoms with Crippen molar-refractivity contribution in [2.75, 3.05) is 20.1 Å². The molecule has 1 aromatic heterocycles. The predicted molar refractivity (Wildman–Crippen MR) is 56.6 cm³/mol. The largest absolute Gasteiger partial charge is 0.319 e. The standard InChI is InChI=1S/C10H12BrN2O/c1-13(4-5-13)10(14)6-9-3-2-8(11)7-12-9/h2-3,7H,4-6H2,1H3/q+1. The third-order valence-electron chi connectivity index (χ3n) is 2.62. The van der Waals surface area contributed by atoms with E-state index in [2.05, 4.69) is 20.9 Å². The second kappa shape index (κ2) is 3.44. The Kier molecular flexibility index (Phi) is 2.41. The first-order valence-electron chi connectivity index (χ1n) is 4.58. The lowest BCUT2D eigenvalue weighted by Gasteiger charge is -2.07. The molecule has 0 aliphatic carbocycles. The summed E-state index contributed by atoms with van der Waals surface area (Å²) in [4.78, 5) is 15.9. The number of halogens is 1. The second-order valence-corrected chi connectivity index (χ2v) is 4.80. The van der Waals surface area contributed by atoms with E-state index in [1.54, 1.807) is 6.20 Å². The maximum atomic E-state index is 11.7. The van der Waals surface area contributed by atoms with Gasteiger partial charge in [0.1, 0.15) is 19.5 Å². The van der Waals surface area contributed by atoms with Gasteiger partial charge in [-0.1, -0.05) is 0 Å². The van der Waals surface area contributed by atoms with Crippen molar-refractivity contribution < 1.29 is 9.28 Å². The molecular formula is C10H12BrN2O+. The fourth-order valence-electron chi connectivity index (χ4n) is 1.26. The molecule has 0 spiro atoms. The normalized spacial score (nSPS) is 17.9. The number of carbonyl (C=O) groups excluding carboxylic acids is 1. The molecule has 0 atom stereocenters. The maximum absolute atomic E-state index is 11.7. The van der Waals surface area contributed by atoms with Gasteiger partial charge in [-0.15, -0.1) is 0 Å². The van der Waals surface area contributed by atoms with E-state index in [0.717, 1.165) is 23.3 Å². The van der Waals surface area contributed by atoms with E-state index in [1.165, 1.54) is 0 Å².